The maximum atomic E-state index is 12.5. The zero-order valence-corrected chi connectivity index (χ0v) is 14.7. The molecule has 0 fully saturated rings. The monoisotopic (exact) mass is 346 g/mol. The van der Waals surface area contributed by atoms with Crippen LogP contribution in [0.3, 0.4) is 0 Å². The molecule has 0 aromatic carbocycles. The van der Waals surface area contributed by atoms with Crippen LogP contribution in [0.15, 0.2) is 15.6 Å². The zero-order valence-electron chi connectivity index (χ0n) is 13.9. The number of carbonyl (C=O) groups excluding carboxylic acids is 1. The Hall–Kier alpha value is -1.87. The summed E-state index contributed by atoms with van der Waals surface area (Å²) < 4.78 is 30.3. The van der Waals surface area contributed by atoms with Gasteiger partial charge in [-0.1, -0.05) is 13.8 Å². The molecular weight excluding hydrogens is 324 g/mol. The third-order valence-electron chi connectivity index (χ3n) is 3.06. The van der Waals surface area contributed by atoms with Crippen LogP contribution >= 0.6 is 0 Å². The van der Waals surface area contributed by atoms with Crippen molar-refractivity contribution in [3.63, 3.8) is 0 Å². The molecule has 0 atom stereocenters. The minimum atomic E-state index is -3.80. The molecule has 0 radical (unpaired) electrons. The average molecular weight is 346 g/mol. The van der Waals surface area contributed by atoms with E-state index in [-0.39, 0.29) is 28.9 Å². The fourth-order valence-corrected chi connectivity index (χ4v) is 2.82. The van der Waals surface area contributed by atoms with Gasteiger partial charge in [0.2, 0.25) is 5.09 Å². The van der Waals surface area contributed by atoms with Crippen LogP contribution < -0.4 is 0 Å². The molecule has 8 nitrogen and oxygen atoms in total. The van der Waals surface area contributed by atoms with E-state index in [1.807, 2.05) is 13.8 Å². The van der Waals surface area contributed by atoms with Crippen molar-refractivity contribution in [3.8, 4) is 0 Å². The first-order chi connectivity index (χ1) is 10.5. The summed E-state index contributed by atoms with van der Waals surface area (Å²) >= 11 is 0. The van der Waals surface area contributed by atoms with Crippen molar-refractivity contribution >= 4 is 21.9 Å². The van der Waals surface area contributed by atoms with Gasteiger partial charge in [-0.15, -0.1) is 0 Å². The number of sulfonamides is 1. The number of carboxylic acids is 1. The quantitative estimate of drug-likeness (QED) is 0.790. The number of amides is 1. The number of aliphatic carboxylic acids is 1. The van der Waals surface area contributed by atoms with Gasteiger partial charge in [-0.2, -0.15) is 0 Å². The predicted octanol–water partition coefficient (Wildman–Crippen LogP) is 1.02. The first kappa shape index (κ1) is 19.2. The number of furan rings is 1. The summed E-state index contributed by atoms with van der Waals surface area (Å²) in [6, 6.07) is 1.14. The first-order valence-corrected chi connectivity index (χ1v) is 8.44. The number of aryl methyl sites for hydroxylation is 1. The molecule has 0 saturated carbocycles. The molecule has 0 aliphatic carbocycles. The van der Waals surface area contributed by atoms with E-state index in [0.717, 1.165) is 15.3 Å². The first-order valence-electron chi connectivity index (χ1n) is 7.00. The topological polar surface area (TPSA) is 108 Å². The Kier molecular flexibility index (Phi) is 5.95. The number of rotatable bonds is 7. The summed E-state index contributed by atoms with van der Waals surface area (Å²) in [4.78, 5) is 24.7. The second-order valence-corrected chi connectivity index (χ2v) is 7.88. The summed E-state index contributed by atoms with van der Waals surface area (Å²) in [5.41, 5.74) is 0.0484. The lowest BCUT2D eigenvalue weighted by Gasteiger charge is -2.22. The summed E-state index contributed by atoms with van der Waals surface area (Å²) in [7, 11) is -1.10. The van der Waals surface area contributed by atoms with E-state index in [1.54, 1.807) is 0 Å². The molecule has 130 valence electrons. The molecule has 0 saturated heterocycles. The lowest BCUT2D eigenvalue weighted by molar-refractivity contribution is -0.137. The number of hydrogen-bond acceptors (Lipinski definition) is 5. The van der Waals surface area contributed by atoms with Crippen LogP contribution in [-0.2, 0) is 14.8 Å². The molecule has 0 spiro atoms. The fourth-order valence-electron chi connectivity index (χ4n) is 1.97. The highest BCUT2D eigenvalue weighted by molar-refractivity contribution is 7.88. The molecule has 0 aliphatic heterocycles. The van der Waals surface area contributed by atoms with E-state index in [1.165, 1.54) is 21.0 Å². The van der Waals surface area contributed by atoms with E-state index < -0.39 is 28.4 Å². The van der Waals surface area contributed by atoms with Crippen LogP contribution in [0.25, 0.3) is 0 Å². The standard InChI is InChI=1S/C14H22N2O6S/c1-9(2)7-16(8-12(17)18)14(19)11-6-13(22-10(11)3)23(20,21)15(4)5/h6,9H,7-8H2,1-5H3,(H,17,18). The van der Waals surface area contributed by atoms with Crippen molar-refractivity contribution in [2.24, 2.45) is 5.92 Å². The zero-order chi connectivity index (χ0) is 17.9. The molecule has 1 N–H and O–H groups in total. The molecule has 1 aromatic heterocycles. The van der Waals surface area contributed by atoms with Crippen molar-refractivity contribution in [1.29, 1.82) is 0 Å². The number of hydrogen-bond donors (Lipinski definition) is 1. The lowest BCUT2D eigenvalue weighted by atomic mass is 10.1. The summed E-state index contributed by atoms with van der Waals surface area (Å²) in [5.74, 6) is -1.51. The van der Waals surface area contributed by atoms with Crippen molar-refractivity contribution < 1.29 is 27.5 Å². The molecule has 1 amide bonds. The van der Waals surface area contributed by atoms with Crippen LogP contribution in [0.4, 0.5) is 0 Å². The molecular formula is C14H22N2O6S. The molecule has 9 heteroatoms. The van der Waals surface area contributed by atoms with E-state index in [9.17, 15) is 18.0 Å². The predicted molar refractivity (Wildman–Crippen MR) is 82.7 cm³/mol. The highest BCUT2D eigenvalue weighted by Crippen LogP contribution is 2.22. The van der Waals surface area contributed by atoms with Gasteiger partial charge < -0.3 is 14.4 Å². The molecule has 0 unspecified atom stereocenters. The van der Waals surface area contributed by atoms with Gasteiger partial charge in [0.05, 0.1) is 5.56 Å². The van der Waals surface area contributed by atoms with Crippen LogP contribution in [0.2, 0.25) is 0 Å². The van der Waals surface area contributed by atoms with Crippen molar-refractivity contribution in [2.75, 3.05) is 27.2 Å². The minimum absolute atomic E-state index is 0.0484. The van der Waals surface area contributed by atoms with Gasteiger partial charge in [-0.25, -0.2) is 12.7 Å². The summed E-state index contributed by atoms with van der Waals surface area (Å²) in [5, 5.41) is 8.60. The van der Waals surface area contributed by atoms with E-state index in [4.69, 9.17) is 9.52 Å². The Morgan fingerprint density at radius 3 is 2.30 bits per heavy atom. The van der Waals surface area contributed by atoms with Crippen molar-refractivity contribution in [3.05, 3.63) is 17.4 Å². The second kappa shape index (κ2) is 7.14. The highest BCUT2D eigenvalue weighted by atomic mass is 32.2. The normalized spacial score (nSPS) is 12.0. The molecule has 1 rings (SSSR count). The van der Waals surface area contributed by atoms with Crippen LogP contribution in [-0.4, -0.2) is 61.8 Å². The van der Waals surface area contributed by atoms with Crippen molar-refractivity contribution in [2.45, 2.75) is 25.9 Å². The Bertz CT molecular complexity index is 690. The van der Waals surface area contributed by atoms with Crippen molar-refractivity contribution in [1.82, 2.24) is 9.21 Å². The van der Waals surface area contributed by atoms with Gasteiger partial charge in [0.1, 0.15) is 12.3 Å². The maximum Gasteiger partial charge on any atom is 0.323 e. The van der Waals surface area contributed by atoms with E-state index in [0.29, 0.717) is 0 Å². The van der Waals surface area contributed by atoms with Crippen LogP contribution in [0, 0.1) is 12.8 Å². The molecule has 1 heterocycles. The van der Waals surface area contributed by atoms with Gasteiger partial charge in [0, 0.05) is 26.7 Å². The van der Waals surface area contributed by atoms with E-state index >= 15 is 0 Å². The molecule has 0 bridgehead atoms. The molecule has 0 aliphatic rings. The minimum Gasteiger partial charge on any atom is -0.480 e. The second-order valence-electron chi connectivity index (χ2n) is 5.80. The number of nitrogens with zero attached hydrogens (tertiary/aromatic N) is 2. The van der Waals surface area contributed by atoms with Crippen LogP contribution in [0.1, 0.15) is 30.0 Å². The number of carbonyl (C=O) groups is 2. The average Bonchev–Trinajstić information content (AvgIpc) is 2.78. The molecule has 1 aromatic rings. The Morgan fingerprint density at radius 2 is 1.87 bits per heavy atom. The molecule has 23 heavy (non-hydrogen) atoms. The maximum absolute atomic E-state index is 12.5. The number of carboxylic acid groups (broad SMARTS) is 1. The van der Waals surface area contributed by atoms with Gasteiger partial charge in [-0.3, -0.25) is 9.59 Å². The Morgan fingerprint density at radius 1 is 1.30 bits per heavy atom. The Balaban J connectivity index is 3.21. The fraction of sp³-hybridized carbons (Fsp3) is 0.571. The van der Waals surface area contributed by atoms with Gasteiger partial charge in [0.25, 0.3) is 15.9 Å². The SMILES string of the molecule is Cc1oc(S(=O)(=O)N(C)C)cc1C(=O)N(CC(=O)O)CC(C)C. The third-order valence-corrected chi connectivity index (χ3v) is 4.73. The largest absolute Gasteiger partial charge is 0.480 e. The third kappa shape index (κ3) is 4.55. The highest BCUT2D eigenvalue weighted by Gasteiger charge is 2.28. The van der Waals surface area contributed by atoms with Crippen LogP contribution in [0.5, 0.6) is 0 Å². The lowest BCUT2D eigenvalue weighted by Crippen LogP contribution is -2.38. The van der Waals surface area contributed by atoms with Gasteiger partial charge in [0.15, 0.2) is 0 Å². The smallest absolute Gasteiger partial charge is 0.323 e. The Labute approximate surface area is 135 Å². The van der Waals surface area contributed by atoms with Gasteiger partial charge in [-0.05, 0) is 12.8 Å². The summed E-state index contributed by atoms with van der Waals surface area (Å²) in [6.45, 7) is 4.96. The summed E-state index contributed by atoms with van der Waals surface area (Å²) in [6.07, 6.45) is 0. The van der Waals surface area contributed by atoms with Gasteiger partial charge >= 0.3 is 5.97 Å². The van der Waals surface area contributed by atoms with E-state index in [2.05, 4.69) is 0 Å².